The molecule has 0 aliphatic carbocycles. The molecule has 0 unspecified atom stereocenters. The fourth-order valence-electron chi connectivity index (χ4n) is 2.45. The molecule has 1 heterocycles. The van der Waals surface area contributed by atoms with E-state index in [0.29, 0.717) is 11.8 Å². The first-order valence-corrected chi connectivity index (χ1v) is 5.76. The molecule has 4 atom stereocenters. The normalized spacial score (nSPS) is 35.1. The van der Waals surface area contributed by atoms with Crippen LogP contribution in [0.4, 0.5) is 0 Å². The quantitative estimate of drug-likeness (QED) is 0.652. The van der Waals surface area contributed by atoms with Crippen LogP contribution in [0.1, 0.15) is 47.0 Å². The van der Waals surface area contributed by atoms with Crippen molar-refractivity contribution in [2.45, 2.75) is 53.1 Å². The van der Waals surface area contributed by atoms with E-state index in [1.807, 2.05) is 6.92 Å². The lowest BCUT2D eigenvalue weighted by Crippen LogP contribution is -2.39. The number of rotatable bonds is 3. The zero-order chi connectivity index (χ0) is 10.7. The Morgan fingerprint density at radius 1 is 1.50 bits per heavy atom. The summed E-state index contributed by atoms with van der Waals surface area (Å²) in [5.41, 5.74) is 0. The molecular weight excluding hydrogens is 176 g/mol. The van der Waals surface area contributed by atoms with E-state index >= 15 is 0 Å². The van der Waals surface area contributed by atoms with E-state index in [2.05, 4.69) is 20.8 Å². The molecular formula is C12H22O2. The van der Waals surface area contributed by atoms with Crippen molar-refractivity contribution in [1.82, 2.24) is 0 Å². The van der Waals surface area contributed by atoms with Gasteiger partial charge in [0.15, 0.2) is 0 Å². The Kier molecular flexibility index (Phi) is 3.97. The van der Waals surface area contributed by atoms with Gasteiger partial charge in [0, 0.05) is 0 Å². The molecule has 2 nitrogen and oxygen atoms in total. The highest BCUT2D eigenvalue weighted by Gasteiger charge is 2.35. The largest absolute Gasteiger partial charge is 0.462 e. The summed E-state index contributed by atoms with van der Waals surface area (Å²) in [5.74, 6) is 1.11. The van der Waals surface area contributed by atoms with Crippen LogP contribution in [0.25, 0.3) is 0 Å². The summed E-state index contributed by atoms with van der Waals surface area (Å²) in [6.07, 6.45) is 3.45. The van der Waals surface area contributed by atoms with Gasteiger partial charge in [0.2, 0.25) is 0 Å². The Morgan fingerprint density at radius 2 is 2.14 bits per heavy atom. The molecule has 1 fully saturated rings. The number of hydrogen-bond acceptors (Lipinski definition) is 2. The van der Waals surface area contributed by atoms with Gasteiger partial charge < -0.3 is 4.74 Å². The molecule has 1 saturated heterocycles. The molecule has 0 bridgehead atoms. The zero-order valence-corrected chi connectivity index (χ0v) is 9.75. The van der Waals surface area contributed by atoms with Crippen molar-refractivity contribution in [3.63, 3.8) is 0 Å². The molecule has 0 spiro atoms. The predicted octanol–water partition coefficient (Wildman–Crippen LogP) is 3.01. The third-order valence-corrected chi connectivity index (χ3v) is 3.25. The number of hydrogen-bond donors (Lipinski definition) is 0. The van der Waals surface area contributed by atoms with Crippen molar-refractivity contribution in [3.8, 4) is 0 Å². The number of esters is 1. The molecule has 14 heavy (non-hydrogen) atoms. The first-order valence-electron chi connectivity index (χ1n) is 5.76. The van der Waals surface area contributed by atoms with E-state index in [1.165, 1.54) is 0 Å². The van der Waals surface area contributed by atoms with Gasteiger partial charge in [0.25, 0.3) is 0 Å². The molecule has 0 amide bonds. The highest BCUT2D eigenvalue weighted by atomic mass is 16.5. The maximum absolute atomic E-state index is 11.4. The van der Waals surface area contributed by atoms with Crippen molar-refractivity contribution in [2.24, 2.45) is 17.8 Å². The Labute approximate surface area is 87.0 Å². The minimum atomic E-state index is -0.00365. The van der Waals surface area contributed by atoms with Crippen molar-refractivity contribution >= 4 is 5.97 Å². The maximum Gasteiger partial charge on any atom is 0.308 e. The highest BCUT2D eigenvalue weighted by molar-refractivity contribution is 5.73. The van der Waals surface area contributed by atoms with Gasteiger partial charge in [0.05, 0.1) is 5.92 Å². The number of carbonyl (C=O) groups excluding carboxylic acids is 1. The minimum absolute atomic E-state index is 0.00365. The number of cyclic esters (lactones) is 1. The van der Waals surface area contributed by atoms with Gasteiger partial charge in [-0.25, -0.2) is 0 Å². The van der Waals surface area contributed by atoms with Crippen LogP contribution >= 0.6 is 0 Å². The van der Waals surface area contributed by atoms with E-state index in [4.69, 9.17) is 4.74 Å². The van der Waals surface area contributed by atoms with Crippen molar-refractivity contribution in [1.29, 1.82) is 0 Å². The minimum Gasteiger partial charge on any atom is -0.462 e. The fraction of sp³-hybridized carbons (Fsp3) is 0.917. The van der Waals surface area contributed by atoms with Gasteiger partial charge >= 0.3 is 5.97 Å². The van der Waals surface area contributed by atoms with Crippen molar-refractivity contribution in [3.05, 3.63) is 0 Å². The van der Waals surface area contributed by atoms with Crippen LogP contribution in [0.3, 0.4) is 0 Å². The third kappa shape index (κ3) is 2.49. The van der Waals surface area contributed by atoms with Gasteiger partial charge in [0.1, 0.15) is 6.10 Å². The average molecular weight is 198 g/mol. The van der Waals surface area contributed by atoms with Crippen molar-refractivity contribution in [2.75, 3.05) is 0 Å². The van der Waals surface area contributed by atoms with Crippen LogP contribution in [-0.2, 0) is 9.53 Å². The summed E-state index contributed by atoms with van der Waals surface area (Å²) < 4.78 is 5.49. The van der Waals surface area contributed by atoms with Crippen LogP contribution in [0.5, 0.6) is 0 Å². The monoisotopic (exact) mass is 198 g/mol. The first kappa shape index (κ1) is 11.5. The number of carbonyl (C=O) groups is 1. The summed E-state index contributed by atoms with van der Waals surface area (Å²) in [5, 5.41) is 0. The molecule has 0 aromatic heterocycles. The molecule has 1 rings (SSSR count). The third-order valence-electron chi connectivity index (χ3n) is 3.25. The second kappa shape index (κ2) is 4.81. The molecule has 0 aromatic rings. The van der Waals surface area contributed by atoms with Crippen LogP contribution in [0.2, 0.25) is 0 Å². The Hall–Kier alpha value is -0.530. The molecule has 1 aliphatic heterocycles. The smallest absolute Gasteiger partial charge is 0.308 e. The molecule has 0 radical (unpaired) electrons. The van der Waals surface area contributed by atoms with E-state index in [1.54, 1.807) is 0 Å². The first-order chi connectivity index (χ1) is 6.56. The van der Waals surface area contributed by atoms with Crippen LogP contribution in [0, 0.1) is 17.8 Å². The molecule has 0 aromatic carbocycles. The van der Waals surface area contributed by atoms with E-state index < -0.39 is 0 Å². The summed E-state index contributed by atoms with van der Waals surface area (Å²) in [6.45, 7) is 8.52. The van der Waals surface area contributed by atoms with Crippen molar-refractivity contribution < 1.29 is 9.53 Å². The number of ether oxygens (including phenoxy) is 1. The van der Waals surface area contributed by atoms with Gasteiger partial charge in [-0.2, -0.15) is 0 Å². The van der Waals surface area contributed by atoms with Crippen LogP contribution in [-0.4, -0.2) is 12.1 Å². The lowest BCUT2D eigenvalue weighted by molar-refractivity contribution is -0.168. The molecule has 1 aliphatic rings. The molecule has 82 valence electrons. The molecule has 0 N–H and O–H groups in total. The predicted molar refractivity (Wildman–Crippen MR) is 56.9 cm³/mol. The van der Waals surface area contributed by atoms with Crippen LogP contribution in [0.15, 0.2) is 0 Å². The summed E-state index contributed by atoms with van der Waals surface area (Å²) in [7, 11) is 0. The highest BCUT2D eigenvalue weighted by Crippen LogP contribution is 2.31. The van der Waals surface area contributed by atoms with E-state index in [0.717, 1.165) is 19.3 Å². The fourth-order valence-corrected chi connectivity index (χ4v) is 2.45. The zero-order valence-electron chi connectivity index (χ0n) is 9.75. The summed E-state index contributed by atoms with van der Waals surface area (Å²) >= 11 is 0. The van der Waals surface area contributed by atoms with Gasteiger partial charge in [-0.3, -0.25) is 4.79 Å². The Balaban J connectivity index is 2.56. The van der Waals surface area contributed by atoms with E-state index in [-0.39, 0.29) is 18.0 Å². The van der Waals surface area contributed by atoms with Crippen LogP contribution < -0.4 is 0 Å². The summed E-state index contributed by atoms with van der Waals surface area (Å²) in [6, 6.07) is 0. The lowest BCUT2D eigenvalue weighted by Gasteiger charge is -2.35. The maximum atomic E-state index is 11.4. The Morgan fingerprint density at radius 3 is 2.71 bits per heavy atom. The molecule has 2 heteroatoms. The van der Waals surface area contributed by atoms with Gasteiger partial charge in [-0.1, -0.05) is 34.1 Å². The Bertz CT molecular complexity index is 196. The molecule has 0 saturated carbocycles. The average Bonchev–Trinajstić information content (AvgIpc) is 2.11. The standard InChI is InChI=1S/C12H22O2/c1-5-6-8(2)11-9(3)7-10(4)12(13)14-11/h8-11H,5-7H2,1-4H3/t8-,9-,10+,11+/m1/s1. The van der Waals surface area contributed by atoms with Gasteiger partial charge in [-0.05, 0) is 24.7 Å². The second-order valence-electron chi connectivity index (χ2n) is 4.78. The topological polar surface area (TPSA) is 26.3 Å². The SMILES string of the molecule is CCC[C@@H](C)[C@@H]1OC(=O)[C@@H](C)C[C@H]1C. The summed E-state index contributed by atoms with van der Waals surface area (Å²) in [4.78, 5) is 11.4. The van der Waals surface area contributed by atoms with E-state index in [9.17, 15) is 4.79 Å². The van der Waals surface area contributed by atoms with Gasteiger partial charge in [-0.15, -0.1) is 0 Å². The lowest BCUT2D eigenvalue weighted by atomic mass is 9.82. The second-order valence-corrected chi connectivity index (χ2v) is 4.78.